The van der Waals surface area contributed by atoms with Crippen LogP contribution in [0.5, 0.6) is 0 Å². The van der Waals surface area contributed by atoms with Gasteiger partial charge in [-0.3, -0.25) is 0 Å². The molecule has 2 aliphatic heterocycles. The summed E-state index contributed by atoms with van der Waals surface area (Å²) in [4.78, 5) is 7.20. The zero-order valence-electron chi connectivity index (χ0n) is 16.9. The minimum absolute atomic E-state index is 0.666. The van der Waals surface area contributed by atoms with Crippen LogP contribution >= 0.6 is 0 Å². The maximum absolute atomic E-state index is 9.02. The Labute approximate surface area is 171 Å². The van der Waals surface area contributed by atoms with Gasteiger partial charge in [-0.15, -0.1) is 0 Å². The number of hydrogen-bond acceptors (Lipinski definition) is 5. The van der Waals surface area contributed by atoms with Crippen LogP contribution in [-0.4, -0.2) is 48.9 Å². The Morgan fingerprint density at radius 1 is 1.07 bits per heavy atom. The van der Waals surface area contributed by atoms with Crippen molar-refractivity contribution >= 4 is 16.9 Å². The van der Waals surface area contributed by atoms with Crippen molar-refractivity contribution in [1.82, 2.24) is 14.9 Å². The number of nitrogens with one attached hydrogen (secondary N) is 1. The van der Waals surface area contributed by atoms with Gasteiger partial charge in [0.2, 0.25) is 0 Å². The van der Waals surface area contributed by atoms with Gasteiger partial charge in [-0.05, 0) is 55.8 Å². The maximum Gasteiger partial charge on any atom is 0.137 e. The summed E-state index contributed by atoms with van der Waals surface area (Å²) in [6.07, 6.45) is 4.81. The SMILES string of the molecule is C1CCNC1.Cn1ccc2nc(N3CCOCC3)c(-c3ccc(C#N)cc3)cc21. The molecular formula is C23H27N5O. The third-order valence-corrected chi connectivity index (χ3v) is 5.44. The molecular weight excluding hydrogens is 362 g/mol. The van der Waals surface area contributed by atoms with Gasteiger partial charge >= 0.3 is 0 Å². The van der Waals surface area contributed by atoms with Gasteiger partial charge in [0, 0.05) is 31.9 Å². The molecule has 0 amide bonds. The Balaban J connectivity index is 0.000000359. The first-order chi connectivity index (χ1) is 14.3. The summed E-state index contributed by atoms with van der Waals surface area (Å²) in [5, 5.41) is 12.2. The van der Waals surface area contributed by atoms with Gasteiger partial charge in [0.15, 0.2) is 0 Å². The van der Waals surface area contributed by atoms with E-state index in [1.165, 1.54) is 25.9 Å². The molecule has 0 aliphatic carbocycles. The fourth-order valence-corrected chi connectivity index (χ4v) is 3.75. The summed E-state index contributed by atoms with van der Waals surface area (Å²) in [5.41, 5.74) is 4.93. The number of nitrogens with zero attached hydrogens (tertiary/aromatic N) is 4. The molecule has 2 fully saturated rings. The quantitative estimate of drug-likeness (QED) is 0.728. The second kappa shape index (κ2) is 9.08. The van der Waals surface area contributed by atoms with Crippen LogP contribution in [0.2, 0.25) is 0 Å². The maximum atomic E-state index is 9.02. The zero-order valence-corrected chi connectivity index (χ0v) is 16.9. The molecule has 0 atom stereocenters. The monoisotopic (exact) mass is 389 g/mol. The largest absolute Gasteiger partial charge is 0.378 e. The molecule has 0 bridgehead atoms. The lowest BCUT2D eigenvalue weighted by Crippen LogP contribution is -2.37. The second-order valence-electron chi connectivity index (χ2n) is 7.44. The Morgan fingerprint density at radius 3 is 2.41 bits per heavy atom. The van der Waals surface area contributed by atoms with Gasteiger partial charge in [0.1, 0.15) is 5.82 Å². The predicted molar refractivity (Wildman–Crippen MR) is 116 cm³/mol. The van der Waals surface area contributed by atoms with Crippen LogP contribution < -0.4 is 10.2 Å². The molecule has 29 heavy (non-hydrogen) atoms. The number of morpholine rings is 1. The Bertz CT molecular complexity index is 985. The number of nitriles is 1. The number of aromatic nitrogens is 2. The predicted octanol–water partition coefficient (Wildman–Crippen LogP) is 3.32. The molecule has 2 aromatic heterocycles. The molecule has 0 unspecified atom stereocenters. The molecule has 1 aromatic carbocycles. The number of pyridine rings is 1. The molecule has 6 nitrogen and oxygen atoms in total. The third kappa shape index (κ3) is 4.42. The van der Waals surface area contributed by atoms with Gasteiger partial charge < -0.3 is 19.5 Å². The van der Waals surface area contributed by atoms with E-state index in [0.717, 1.165) is 54.3 Å². The van der Waals surface area contributed by atoms with Crippen molar-refractivity contribution in [1.29, 1.82) is 5.26 Å². The lowest BCUT2D eigenvalue weighted by atomic mass is 10.0. The van der Waals surface area contributed by atoms with Crippen molar-refractivity contribution < 1.29 is 4.74 Å². The summed E-state index contributed by atoms with van der Waals surface area (Å²) in [6.45, 7) is 5.63. The van der Waals surface area contributed by atoms with E-state index in [1.807, 2.05) is 43.6 Å². The average Bonchev–Trinajstić information content (AvgIpc) is 3.48. The molecule has 2 aliphatic rings. The smallest absolute Gasteiger partial charge is 0.137 e. The van der Waals surface area contributed by atoms with Crippen molar-refractivity contribution in [2.24, 2.45) is 7.05 Å². The van der Waals surface area contributed by atoms with Gasteiger partial charge in [-0.1, -0.05) is 12.1 Å². The molecule has 2 saturated heterocycles. The fraction of sp³-hybridized carbons (Fsp3) is 0.391. The summed E-state index contributed by atoms with van der Waals surface area (Å²) < 4.78 is 7.56. The first-order valence-corrected chi connectivity index (χ1v) is 10.3. The first-order valence-electron chi connectivity index (χ1n) is 10.3. The van der Waals surface area contributed by atoms with Gasteiger partial charge in [0.05, 0.1) is 35.9 Å². The number of hydrogen-bond donors (Lipinski definition) is 1. The fourth-order valence-electron chi connectivity index (χ4n) is 3.75. The molecule has 0 radical (unpaired) electrons. The van der Waals surface area contributed by atoms with Gasteiger partial charge in [-0.25, -0.2) is 4.98 Å². The van der Waals surface area contributed by atoms with Gasteiger partial charge in [0.25, 0.3) is 0 Å². The van der Waals surface area contributed by atoms with E-state index < -0.39 is 0 Å². The minimum Gasteiger partial charge on any atom is -0.378 e. The van der Waals surface area contributed by atoms with Crippen LogP contribution in [0.4, 0.5) is 5.82 Å². The molecule has 150 valence electrons. The van der Waals surface area contributed by atoms with Crippen LogP contribution in [0, 0.1) is 11.3 Å². The Morgan fingerprint density at radius 2 is 1.79 bits per heavy atom. The van der Waals surface area contributed by atoms with Crippen molar-refractivity contribution in [3.8, 4) is 17.2 Å². The lowest BCUT2D eigenvalue weighted by Gasteiger charge is -2.29. The highest BCUT2D eigenvalue weighted by Crippen LogP contribution is 2.33. The van der Waals surface area contributed by atoms with E-state index in [9.17, 15) is 0 Å². The normalized spacial score (nSPS) is 16.3. The summed E-state index contributed by atoms with van der Waals surface area (Å²) in [6, 6.07) is 14.1. The van der Waals surface area contributed by atoms with E-state index in [0.29, 0.717) is 5.56 Å². The molecule has 4 heterocycles. The van der Waals surface area contributed by atoms with E-state index in [2.05, 4.69) is 26.9 Å². The number of benzene rings is 1. The lowest BCUT2D eigenvalue weighted by molar-refractivity contribution is 0.122. The minimum atomic E-state index is 0.666. The summed E-state index contributed by atoms with van der Waals surface area (Å²) in [7, 11) is 2.03. The Kier molecular flexibility index (Phi) is 6.09. The van der Waals surface area contributed by atoms with E-state index in [4.69, 9.17) is 15.0 Å². The highest BCUT2D eigenvalue weighted by atomic mass is 16.5. The van der Waals surface area contributed by atoms with Crippen molar-refractivity contribution in [3.63, 3.8) is 0 Å². The number of fused-ring (bicyclic) bond motifs is 1. The molecule has 1 N–H and O–H groups in total. The third-order valence-electron chi connectivity index (χ3n) is 5.44. The molecule has 6 heteroatoms. The standard InChI is InChI=1S/C19H18N4O.C4H9N/c1-22-7-6-17-18(22)12-16(15-4-2-14(13-20)3-5-15)19(21-17)23-8-10-24-11-9-23;1-2-4-5-3-1/h2-7,12H,8-11H2,1H3;5H,1-4H2. The molecule has 0 spiro atoms. The van der Waals surface area contributed by atoms with Crippen LogP contribution in [-0.2, 0) is 11.8 Å². The number of rotatable bonds is 2. The van der Waals surface area contributed by atoms with Crippen LogP contribution in [0.3, 0.4) is 0 Å². The van der Waals surface area contributed by atoms with Crippen molar-refractivity contribution in [3.05, 3.63) is 48.2 Å². The number of ether oxygens (including phenoxy) is 1. The van der Waals surface area contributed by atoms with Crippen molar-refractivity contribution in [2.45, 2.75) is 12.8 Å². The molecule has 3 aromatic rings. The first kappa shape index (κ1) is 19.4. The van der Waals surface area contributed by atoms with Crippen molar-refractivity contribution in [2.75, 3.05) is 44.3 Å². The molecule has 0 saturated carbocycles. The van der Waals surface area contributed by atoms with Crippen LogP contribution in [0.1, 0.15) is 18.4 Å². The van der Waals surface area contributed by atoms with Crippen LogP contribution in [0.15, 0.2) is 42.6 Å². The van der Waals surface area contributed by atoms with E-state index in [1.54, 1.807) is 0 Å². The number of aryl methyl sites for hydroxylation is 1. The van der Waals surface area contributed by atoms with E-state index >= 15 is 0 Å². The Hall–Kier alpha value is -2.88. The highest BCUT2D eigenvalue weighted by Gasteiger charge is 2.19. The highest BCUT2D eigenvalue weighted by molar-refractivity contribution is 5.88. The second-order valence-corrected chi connectivity index (χ2v) is 7.44. The summed E-state index contributed by atoms with van der Waals surface area (Å²) in [5.74, 6) is 0.988. The van der Waals surface area contributed by atoms with E-state index in [-0.39, 0.29) is 0 Å². The molecule has 5 rings (SSSR count). The van der Waals surface area contributed by atoms with Gasteiger partial charge in [-0.2, -0.15) is 5.26 Å². The topological polar surface area (TPSA) is 66.1 Å². The number of anilines is 1. The average molecular weight is 390 g/mol. The van der Waals surface area contributed by atoms with Crippen LogP contribution in [0.25, 0.3) is 22.2 Å². The zero-order chi connectivity index (χ0) is 20.1. The summed E-state index contributed by atoms with van der Waals surface area (Å²) >= 11 is 0.